The Morgan fingerprint density at radius 2 is 1.95 bits per heavy atom. The van der Waals surface area contributed by atoms with E-state index in [1.165, 1.54) is 14.8 Å². The van der Waals surface area contributed by atoms with E-state index in [1.54, 1.807) is 6.33 Å². The molecule has 0 saturated carbocycles. The molecule has 0 spiro atoms. The van der Waals surface area contributed by atoms with E-state index < -0.39 is 0 Å². The second-order valence-electron chi connectivity index (χ2n) is 5.24. The van der Waals surface area contributed by atoms with Crippen LogP contribution in [0.1, 0.15) is 12.0 Å². The molecule has 1 aliphatic heterocycles. The molecule has 0 radical (unpaired) electrons. The summed E-state index contributed by atoms with van der Waals surface area (Å²) >= 11 is 2.34. The van der Waals surface area contributed by atoms with Gasteiger partial charge in [0.1, 0.15) is 12.1 Å². The number of anilines is 2. The molecule has 2 aromatic carbocycles. The van der Waals surface area contributed by atoms with Crippen LogP contribution in [0.5, 0.6) is 0 Å². The molecule has 104 valence electrons. The van der Waals surface area contributed by atoms with E-state index in [0.717, 1.165) is 36.1 Å². The van der Waals surface area contributed by atoms with Crippen molar-refractivity contribution in [3.63, 3.8) is 0 Å². The average Bonchev–Trinajstić information content (AvgIpc) is 2.54. The van der Waals surface area contributed by atoms with Crippen LogP contribution in [0, 0.1) is 3.57 Å². The number of benzene rings is 2. The number of aromatic nitrogens is 2. The summed E-state index contributed by atoms with van der Waals surface area (Å²) in [7, 11) is 0. The number of hydrogen-bond donors (Lipinski definition) is 0. The Labute approximate surface area is 137 Å². The summed E-state index contributed by atoms with van der Waals surface area (Å²) in [6.45, 7) is 1.01. The average molecular weight is 387 g/mol. The first-order chi connectivity index (χ1) is 10.3. The van der Waals surface area contributed by atoms with Crippen molar-refractivity contribution in [2.45, 2.75) is 12.8 Å². The molecule has 4 heteroatoms. The lowest BCUT2D eigenvalue weighted by Crippen LogP contribution is -2.25. The molecular weight excluding hydrogens is 373 g/mol. The van der Waals surface area contributed by atoms with Gasteiger partial charge >= 0.3 is 0 Å². The van der Waals surface area contributed by atoms with Gasteiger partial charge in [-0.15, -0.1) is 0 Å². The molecule has 2 heterocycles. The molecule has 0 atom stereocenters. The highest BCUT2D eigenvalue weighted by molar-refractivity contribution is 14.1. The zero-order chi connectivity index (χ0) is 14.2. The quantitative estimate of drug-likeness (QED) is 0.583. The van der Waals surface area contributed by atoms with Gasteiger partial charge in [-0.05, 0) is 65.3 Å². The highest BCUT2D eigenvalue weighted by Gasteiger charge is 2.20. The predicted octanol–water partition coefficient (Wildman–Crippen LogP) is 4.32. The molecule has 0 bridgehead atoms. The van der Waals surface area contributed by atoms with Gasteiger partial charge in [-0.1, -0.05) is 18.2 Å². The molecule has 3 nitrogen and oxygen atoms in total. The third-order valence-corrected chi connectivity index (χ3v) is 4.61. The molecule has 0 amide bonds. The van der Waals surface area contributed by atoms with Crippen LogP contribution in [-0.2, 0) is 6.42 Å². The molecular formula is C17H14IN3. The number of hydrogen-bond acceptors (Lipinski definition) is 3. The van der Waals surface area contributed by atoms with Gasteiger partial charge in [-0.2, -0.15) is 0 Å². The van der Waals surface area contributed by atoms with Gasteiger partial charge < -0.3 is 4.90 Å². The van der Waals surface area contributed by atoms with Gasteiger partial charge in [-0.3, -0.25) is 0 Å². The van der Waals surface area contributed by atoms with Crippen LogP contribution in [-0.4, -0.2) is 16.5 Å². The highest BCUT2D eigenvalue weighted by Crippen LogP contribution is 2.35. The molecule has 3 aromatic rings. The zero-order valence-electron chi connectivity index (χ0n) is 11.5. The van der Waals surface area contributed by atoms with E-state index in [0.29, 0.717) is 0 Å². The summed E-state index contributed by atoms with van der Waals surface area (Å²) < 4.78 is 1.21. The Morgan fingerprint density at radius 3 is 2.90 bits per heavy atom. The molecule has 0 saturated heterocycles. The monoisotopic (exact) mass is 387 g/mol. The van der Waals surface area contributed by atoms with E-state index in [9.17, 15) is 0 Å². The van der Waals surface area contributed by atoms with Crippen molar-refractivity contribution in [2.75, 3.05) is 11.4 Å². The third kappa shape index (κ3) is 2.27. The van der Waals surface area contributed by atoms with E-state index in [1.807, 2.05) is 0 Å². The Hall–Kier alpha value is -1.69. The maximum Gasteiger partial charge on any atom is 0.144 e. The smallest absolute Gasteiger partial charge is 0.144 e. The number of nitrogens with zero attached hydrogens (tertiary/aromatic N) is 3. The standard InChI is InChI=1S/C17H14IN3/c18-13-7-8-15-14(10-13)17(20-11-19-15)21-9-3-5-12-4-1-2-6-16(12)21/h1-2,4,6-8,10-11H,3,5,9H2. The SMILES string of the molecule is Ic1ccc2ncnc(N3CCCc4ccccc43)c2c1. The fourth-order valence-electron chi connectivity index (χ4n) is 2.98. The highest BCUT2D eigenvalue weighted by atomic mass is 127. The topological polar surface area (TPSA) is 29.0 Å². The minimum atomic E-state index is 1.00. The second-order valence-corrected chi connectivity index (χ2v) is 6.49. The number of halogens is 1. The van der Waals surface area contributed by atoms with Gasteiger partial charge in [0.25, 0.3) is 0 Å². The molecule has 1 aromatic heterocycles. The second kappa shape index (κ2) is 5.26. The predicted molar refractivity (Wildman–Crippen MR) is 94.0 cm³/mol. The van der Waals surface area contributed by atoms with Crippen LogP contribution < -0.4 is 4.90 Å². The van der Waals surface area contributed by atoms with Crippen LogP contribution >= 0.6 is 22.6 Å². The van der Waals surface area contributed by atoms with Crippen molar-refractivity contribution in [3.05, 3.63) is 57.9 Å². The number of rotatable bonds is 1. The summed E-state index contributed by atoms with van der Waals surface area (Å²) in [6.07, 6.45) is 3.97. The summed E-state index contributed by atoms with van der Waals surface area (Å²) in [4.78, 5) is 11.3. The molecule has 0 fully saturated rings. The number of aryl methyl sites for hydroxylation is 1. The zero-order valence-corrected chi connectivity index (χ0v) is 13.6. The first-order valence-electron chi connectivity index (χ1n) is 7.08. The van der Waals surface area contributed by atoms with Crippen LogP contribution in [0.25, 0.3) is 10.9 Å². The van der Waals surface area contributed by atoms with Gasteiger partial charge in [0.05, 0.1) is 5.52 Å². The van der Waals surface area contributed by atoms with E-state index >= 15 is 0 Å². The minimum Gasteiger partial charge on any atom is -0.326 e. The van der Waals surface area contributed by atoms with Crippen LogP contribution in [0.2, 0.25) is 0 Å². The van der Waals surface area contributed by atoms with Gasteiger partial charge in [-0.25, -0.2) is 9.97 Å². The first kappa shape index (κ1) is 13.0. The summed E-state index contributed by atoms with van der Waals surface area (Å²) in [5.41, 5.74) is 3.69. The number of fused-ring (bicyclic) bond motifs is 2. The fourth-order valence-corrected chi connectivity index (χ4v) is 3.48. The van der Waals surface area contributed by atoms with Crippen molar-refractivity contribution in [3.8, 4) is 0 Å². The minimum absolute atomic E-state index is 1.00. The lowest BCUT2D eigenvalue weighted by Gasteiger charge is -2.31. The number of para-hydroxylation sites is 1. The third-order valence-electron chi connectivity index (χ3n) is 3.94. The Kier molecular flexibility index (Phi) is 3.25. The summed E-state index contributed by atoms with van der Waals surface area (Å²) in [5.74, 6) is 1.02. The van der Waals surface area contributed by atoms with Crippen molar-refractivity contribution < 1.29 is 0 Å². The molecule has 4 rings (SSSR count). The summed E-state index contributed by atoms with van der Waals surface area (Å²) in [5, 5.41) is 1.13. The Bertz CT molecular complexity index is 816. The molecule has 0 aliphatic carbocycles. The Balaban J connectivity index is 1.94. The first-order valence-corrected chi connectivity index (χ1v) is 8.16. The van der Waals surface area contributed by atoms with Gasteiger partial charge in [0.15, 0.2) is 0 Å². The normalized spacial score (nSPS) is 14.2. The van der Waals surface area contributed by atoms with Crippen molar-refractivity contribution >= 4 is 45.0 Å². The molecule has 1 aliphatic rings. The maximum absolute atomic E-state index is 4.58. The van der Waals surface area contributed by atoms with Crippen LogP contribution in [0.4, 0.5) is 11.5 Å². The largest absolute Gasteiger partial charge is 0.326 e. The Morgan fingerprint density at radius 1 is 1.05 bits per heavy atom. The van der Waals surface area contributed by atoms with Crippen molar-refractivity contribution in [1.29, 1.82) is 0 Å². The summed E-state index contributed by atoms with van der Waals surface area (Å²) in [6, 6.07) is 14.9. The van der Waals surface area contributed by atoms with Crippen LogP contribution in [0.3, 0.4) is 0 Å². The van der Waals surface area contributed by atoms with E-state index in [-0.39, 0.29) is 0 Å². The van der Waals surface area contributed by atoms with Crippen molar-refractivity contribution in [2.24, 2.45) is 0 Å². The van der Waals surface area contributed by atoms with E-state index in [4.69, 9.17) is 0 Å². The lowest BCUT2D eigenvalue weighted by molar-refractivity contribution is 0.761. The molecule has 21 heavy (non-hydrogen) atoms. The van der Waals surface area contributed by atoms with Gasteiger partial charge in [0, 0.05) is 21.2 Å². The molecule has 0 N–H and O–H groups in total. The van der Waals surface area contributed by atoms with Gasteiger partial charge in [0.2, 0.25) is 0 Å². The lowest BCUT2D eigenvalue weighted by atomic mass is 10.0. The maximum atomic E-state index is 4.58. The van der Waals surface area contributed by atoms with Crippen molar-refractivity contribution in [1.82, 2.24) is 9.97 Å². The van der Waals surface area contributed by atoms with Crippen LogP contribution in [0.15, 0.2) is 48.8 Å². The molecule has 0 unspecified atom stereocenters. The fraction of sp³-hybridized carbons (Fsp3) is 0.176. The van der Waals surface area contributed by atoms with E-state index in [2.05, 4.69) is 79.9 Å².